The maximum Gasteiger partial charge on any atom is 0.289 e. The number of hydrogen-bond acceptors (Lipinski definition) is 4. The molecule has 0 atom stereocenters. The van der Waals surface area contributed by atoms with Gasteiger partial charge in [-0.15, -0.1) is 0 Å². The topological polar surface area (TPSA) is 104 Å². The van der Waals surface area contributed by atoms with Crippen LogP contribution in [0.15, 0.2) is 72.0 Å². The van der Waals surface area contributed by atoms with Crippen LogP contribution in [0.2, 0.25) is 0 Å². The molecule has 2 aromatic carbocycles. The fourth-order valence-electron chi connectivity index (χ4n) is 3.82. The molecule has 0 saturated carbocycles. The molecule has 0 aliphatic heterocycles. The number of aromatic amines is 2. The first-order valence-corrected chi connectivity index (χ1v) is 10.2. The van der Waals surface area contributed by atoms with Crippen LogP contribution in [-0.2, 0) is 0 Å². The van der Waals surface area contributed by atoms with E-state index in [1.165, 1.54) is 0 Å². The van der Waals surface area contributed by atoms with Crippen molar-refractivity contribution in [3.63, 3.8) is 0 Å². The molecule has 8 nitrogen and oxygen atoms in total. The summed E-state index contributed by atoms with van der Waals surface area (Å²) in [6, 6.07) is 19.5. The van der Waals surface area contributed by atoms with Gasteiger partial charge in [0, 0.05) is 28.2 Å². The summed E-state index contributed by atoms with van der Waals surface area (Å²) in [6.45, 7) is 3.92. The number of rotatable bonds is 5. The van der Waals surface area contributed by atoms with Gasteiger partial charge in [-0.25, -0.2) is 10.1 Å². The summed E-state index contributed by atoms with van der Waals surface area (Å²) in [5.41, 5.74) is 9.09. The maximum atomic E-state index is 12.6. The molecule has 0 spiro atoms. The third kappa shape index (κ3) is 3.47. The van der Waals surface area contributed by atoms with Crippen LogP contribution in [0.1, 0.15) is 27.4 Å². The minimum absolute atomic E-state index is 0.322. The van der Waals surface area contributed by atoms with Crippen molar-refractivity contribution in [3.05, 3.63) is 89.5 Å². The minimum atomic E-state index is -0.370. The van der Waals surface area contributed by atoms with E-state index in [2.05, 4.69) is 30.8 Å². The Morgan fingerprint density at radius 3 is 2.72 bits per heavy atom. The molecule has 3 heterocycles. The first kappa shape index (κ1) is 19.5. The van der Waals surface area contributed by atoms with Gasteiger partial charge in [0.25, 0.3) is 5.91 Å². The molecule has 5 rings (SSSR count). The number of fused-ring (bicyclic) bond motifs is 1. The molecule has 0 fully saturated rings. The monoisotopic (exact) mass is 423 g/mol. The first-order chi connectivity index (χ1) is 15.6. The highest BCUT2D eigenvalue weighted by Crippen LogP contribution is 2.27. The van der Waals surface area contributed by atoms with E-state index in [4.69, 9.17) is 0 Å². The first-order valence-electron chi connectivity index (χ1n) is 10.2. The molecule has 0 aliphatic rings. The number of hydrogen-bond donors (Lipinski definition) is 3. The molecule has 0 unspecified atom stereocenters. The van der Waals surface area contributed by atoms with Crippen LogP contribution in [0.25, 0.3) is 27.8 Å². The summed E-state index contributed by atoms with van der Waals surface area (Å²) in [5, 5.41) is 16.9. The van der Waals surface area contributed by atoms with E-state index in [0.29, 0.717) is 11.4 Å². The molecule has 0 radical (unpaired) electrons. The number of benzene rings is 2. The van der Waals surface area contributed by atoms with E-state index >= 15 is 0 Å². The van der Waals surface area contributed by atoms with Crippen molar-refractivity contribution < 1.29 is 4.79 Å². The second-order valence-electron chi connectivity index (χ2n) is 7.45. The lowest BCUT2D eigenvalue weighted by molar-refractivity contribution is 0.0950. The number of carbonyl (C=O) groups excluding carboxylic acids is 1. The van der Waals surface area contributed by atoms with Crippen LogP contribution < -0.4 is 5.43 Å². The summed E-state index contributed by atoms with van der Waals surface area (Å²) in [5.74, 6) is -0.370. The largest absolute Gasteiger partial charge is 0.361 e. The van der Waals surface area contributed by atoms with E-state index in [-0.39, 0.29) is 5.91 Å². The number of H-pyrrole nitrogens is 2. The third-order valence-corrected chi connectivity index (χ3v) is 5.36. The number of amides is 1. The summed E-state index contributed by atoms with van der Waals surface area (Å²) in [7, 11) is 0. The van der Waals surface area contributed by atoms with Gasteiger partial charge in [0.05, 0.1) is 29.0 Å². The Hall–Kier alpha value is -4.46. The van der Waals surface area contributed by atoms with E-state index in [9.17, 15) is 4.79 Å². The summed E-state index contributed by atoms with van der Waals surface area (Å²) >= 11 is 0. The Labute approximate surface area is 184 Å². The van der Waals surface area contributed by atoms with Gasteiger partial charge >= 0.3 is 0 Å². The maximum absolute atomic E-state index is 12.6. The normalized spacial score (nSPS) is 11.4. The summed E-state index contributed by atoms with van der Waals surface area (Å²) < 4.78 is 1.88. The summed E-state index contributed by atoms with van der Waals surface area (Å²) in [6.07, 6.45) is 3.47. The Balaban J connectivity index is 1.35. The molecular weight excluding hydrogens is 402 g/mol. The van der Waals surface area contributed by atoms with E-state index in [0.717, 1.165) is 39.1 Å². The average Bonchev–Trinajstić information content (AvgIpc) is 3.52. The number of carbonyl (C=O) groups is 1. The number of aryl methyl sites for hydroxylation is 1. The molecule has 0 aliphatic carbocycles. The highest BCUT2D eigenvalue weighted by molar-refractivity contribution is 6.00. The molecule has 5 aromatic rings. The van der Waals surface area contributed by atoms with Gasteiger partial charge in [-0.3, -0.25) is 9.89 Å². The predicted molar refractivity (Wildman–Crippen MR) is 124 cm³/mol. The lowest BCUT2D eigenvalue weighted by Crippen LogP contribution is -2.17. The molecule has 3 aromatic heterocycles. The number of nitrogens with zero attached hydrogens (tertiary/aromatic N) is 4. The Morgan fingerprint density at radius 2 is 1.88 bits per heavy atom. The highest BCUT2D eigenvalue weighted by Gasteiger charge is 2.18. The van der Waals surface area contributed by atoms with Gasteiger partial charge in [0.2, 0.25) is 0 Å². The second kappa shape index (κ2) is 7.99. The van der Waals surface area contributed by atoms with Crippen LogP contribution >= 0.6 is 0 Å². The SMILES string of the molecule is Cc1nn(-c2ccccc2)c(C)c1-c1cc(C(=O)N/N=C/c2c[nH]c3ccccc23)[nH]n1. The number of para-hydroxylation sites is 2. The standard InChI is InChI=1S/C24H21N7O/c1-15-23(16(2)31(30-15)18-8-4-3-5-9-18)21-12-22(28-27-21)24(32)29-26-14-17-13-25-20-11-7-6-10-19(17)20/h3-14,25H,1-2H3,(H,27,28)(H,29,32)/b26-14+. The van der Waals surface area contributed by atoms with Crippen molar-refractivity contribution in [2.75, 3.05) is 0 Å². The quantitative estimate of drug-likeness (QED) is 0.292. The number of nitrogens with one attached hydrogen (secondary N) is 3. The average molecular weight is 423 g/mol. The van der Waals surface area contributed by atoms with Crippen molar-refractivity contribution in [1.82, 2.24) is 30.4 Å². The molecule has 8 heteroatoms. The fraction of sp³-hybridized carbons (Fsp3) is 0.0833. The van der Waals surface area contributed by atoms with Crippen molar-refractivity contribution in [2.45, 2.75) is 13.8 Å². The molecular formula is C24H21N7O. The predicted octanol–water partition coefficient (Wildman–Crippen LogP) is 4.12. The molecule has 158 valence electrons. The van der Waals surface area contributed by atoms with Crippen molar-refractivity contribution in [2.24, 2.45) is 5.10 Å². The highest BCUT2D eigenvalue weighted by atomic mass is 16.2. The van der Waals surface area contributed by atoms with Crippen molar-refractivity contribution in [3.8, 4) is 16.9 Å². The lowest BCUT2D eigenvalue weighted by atomic mass is 10.1. The van der Waals surface area contributed by atoms with Crippen LogP contribution in [-0.4, -0.2) is 37.1 Å². The van der Waals surface area contributed by atoms with Crippen LogP contribution in [0.5, 0.6) is 0 Å². The van der Waals surface area contributed by atoms with Crippen molar-refractivity contribution in [1.29, 1.82) is 0 Å². The van der Waals surface area contributed by atoms with E-state index in [1.54, 1.807) is 12.3 Å². The number of hydrazone groups is 1. The summed E-state index contributed by atoms with van der Waals surface area (Å²) in [4.78, 5) is 15.7. The van der Waals surface area contributed by atoms with Crippen LogP contribution in [0.3, 0.4) is 0 Å². The second-order valence-corrected chi connectivity index (χ2v) is 7.45. The van der Waals surface area contributed by atoms with Gasteiger partial charge in [-0.1, -0.05) is 36.4 Å². The van der Waals surface area contributed by atoms with Crippen LogP contribution in [0.4, 0.5) is 0 Å². The zero-order chi connectivity index (χ0) is 22.1. The Kier molecular flexibility index (Phi) is 4.87. The van der Waals surface area contributed by atoms with Crippen LogP contribution in [0, 0.1) is 13.8 Å². The molecule has 0 saturated heterocycles. The van der Waals surface area contributed by atoms with Gasteiger partial charge in [-0.2, -0.15) is 15.3 Å². The van der Waals surface area contributed by atoms with Crippen molar-refractivity contribution >= 4 is 23.0 Å². The molecule has 3 N–H and O–H groups in total. The fourth-order valence-corrected chi connectivity index (χ4v) is 3.82. The zero-order valence-electron chi connectivity index (χ0n) is 17.6. The smallest absolute Gasteiger partial charge is 0.289 e. The lowest BCUT2D eigenvalue weighted by Gasteiger charge is -2.04. The van der Waals surface area contributed by atoms with Gasteiger partial charge in [-0.05, 0) is 38.1 Å². The van der Waals surface area contributed by atoms with E-state index in [1.807, 2.05) is 79.3 Å². The molecule has 32 heavy (non-hydrogen) atoms. The Bertz CT molecular complexity index is 1440. The zero-order valence-corrected chi connectivity index (χ0v) is 17.6. The Morgan fingerprint density at radius 1 is 1.09 bits per heavy atom. The van der Waals surface area contributed by atoms with Gasteiger partial charge in [0.1, 0.15) is 5.69 Å². The van der Waals surface area contributed by atoms with E-state index < -0.39 is 0 Å². The van der Waals surface area contributed by atoms with Gasteiger partial charge < -0.3 is 4.98 Å². The molecule has 0 bridgehead atoms. The third-order valence-electron chi connectivity index (χ3n) is 5.36. The minimum Gasteiger partial charge on any atom is -0.361 e. The molecule has 1 amide bonds. The number of aromatic nitrogens is 5. The van der Waals surface area contributed by atoms with Gasteiger partial charge in [0.15, 0.2) is 0 Å².